The SMILES string of the molecule is CONC(=O)C(Br)C(C)C. The molecule has 0 spiro atoms. The van der Waals surface area contributed by atoms with Gasteiger partial charge in [0.2, 0.25) is 0 Å². The second-order valence-electron chi connectivity index (χ2n) is 2.32. The molecule has 0 aromatic rings. The van der Waals surface area contributed by atoms with Crippen molar-refractivity contribution in [3.63, 3.8) is 0 Å². The predicted octanol–water partition coefficient (Wildman–Crippen LogP) is 1.08. The summed E-state index contributed by atoms with van der Waals surface area (Å²) in [5, 5.41) is 0. The molecule has 0 aromatic carbocycles. The van der Waals surface area contributed by atoms with Crippen molar-refractivity contribution in [2.24, 2.45) is 5.92 Å². The Bertz CT molecular complexity index is 116. The lowest BCUT2D eigenvalue weighted by molar-refractivity contribution is -0.131. The molecular weight excluding hydrogens is 198 g/mol. The first-order valence-corrected chi connectivity index (χ1v) is 3.98. The molecule has 0 aliphatic carbocycles. The van der Waals surface area contributed by atoms with Gasteiger partial charge in [-0.25, -0.2) is 5.48 Å². The van der Waals surface area contributed by atoms with Gasteiger partial charge in [0.1, 0.15) is 0 Å². The van der Waals surface area contributed by atoms with Gasteiger partial charge in [-0.05, 0) is 5.92 Å². The Labute approximate surface area is 69.2 Å². The van der Waals surface area contributed by atoms with E-state index in [4.69, 9.17) is 0 Å². The Morgan fingerprint density at radius 2 is 2.10 bits per heavy atom. The Hall–Kier alpha value is -0.0900. The van der Waals surface area contributed by atoms with E-state index in [-0.39, 0.29) is 16.7 Å². The normalized spacial score (nSPS) is 13.3. The first kappa shape index (κ1) is 9.91. The molecule has 0 saturated carbocycles. The van der Waals surface area contributed by atoms with Gasteiger partial charge < -0.3 is 0 Å². The van der Waals surface area contributed by atoms with Crippen LogP contribution in [0.15, 0.2) is 0 Å². The highest BCUT2D eigenvalue weighted by Crippen LogP contribution is 2.11. The van der Waals surface area contributed by atoms with Gasteiger partial charge in [-0.1, -0.05) is 29.8 Å². The molecule has 0 aliphatic rings. The van der Waals surface area contributed by atoms with Gasteiger partial charge in [0, 0.05) is 0 Å². The number of nitrogens with one attached hydrogen (secondary N) is 1. The molecule has 1 atom stereocenters. The first-order valence-electron chi connectivity index (χ1n) is 3.06. The van der Waals surface area contributed by atoms with Gasteiger partial charge >= 0.3 is 0 Å². The van der Waals surface area contributed by atoms with Crippen LogP contribution in [0.3, 0.4) is 0 Å². The number of hydroxylamine groups is 1. The van der Waals surface area contributed by atoms with E-state index in [1.165, 1.54) is 7.11 Å². The minimum atomic E-state index is -0.174. The number of halogens is 1. The summed E-state index contributed by atoms with van der Waals surface area (Å²) in [7, 11) is 1.41. The third-order valence-electron chi connectivity index (χ3n) is 1.04. The molecule has 1 N–H and O–H groups in total. The van der Waals surface area contributed by atoms with Crippen LogP contribution in [0.25, 0.3) is 0 Å². The van der Waals surface area contributed by atoms with Crippen molar-refractivity contribution in [1.82, 2.24) is 5.48 Å². The van der Waals surface area contributed by atoms with Crippen molar-refractivity contribution in [3.8, 4) is 0 Å². The van der Waals surface area contributed by atoms with Crippen molar-refractivity contribution < 1.29 is 9.63 Å². The van der Waals surface area contributed by atoms with E-state index in [0.29, 0.717) is 0 Å². The third-order valence-corrected chi connectivity index (χ3v) is 2.51. The zero-order valence-electron chi connectivity index (χ0n) is 6.35. The van der Waals surface area contributed by atoms with Crippen LogP contribution in [-0.2, 0) is 9.63 Å². The van der Waals surface area contributed by atoms with E-state index in [2.05, 4.69) is 26.2 Å². The van der Waals surface area contributed by atoms with Gasteiger partial charge in [-0.2, -0.15) is 0 Å². The second kappa shape index (κ2) is 4.68. The number of rotatable bonds is 3. The Morgan fingerprint density at radius 3 is 2.40 bits per heavy atom. The van der Waals surface area contributed by atoms with Crippen LogP contribution in [-0.4, -0.2) is 17.8 Å². The summed E-state index contributed by atoms with van der Waals surface area (Å²) in [6, 6.07) is 0. The Morgan fingerprint density at radius 1 is 1.60 bits per heavy atom. The lowest BCUT2D eigenvalue weighted by Gasteiger charge is -2.11. The van der Waals surface area contributed by atoms with Gasteiger partial charge in [-0.3, -0.25) is 9.63 Å². The average molecular weight is 210 g/mol. The highest BCUT2D eigenvalue weighted by atomic mass is 79.9. The highest BCUT2D eigenvalue weighted by molar-refractivity contribution is 9.10. The Kier molecular flexibility index (Phi) is 4.64. The summed E-state index contributed by atoms with van der Waals surface area (Å²) >= 11 is 3.22. The molecule has 1 unspecified atom stereocenters. The fourth-order valence-electron chi connectivity index (χ4n) is 0.460. The quantitative estimate of drug-likeness (QED) is 0.559. The molecule has 3 nitrogen and oxygen atoms in total. The number of hydrogen-bond donors (Lipinski definition) is 1. The van der Waals surface area contributed by atoms with Gasteiger partial charge in [-0.15, -0.1) is 0 Å². The van der Waals surface area contributed by atoms with Crippen LogP contribution in [0.4, 0.5) is 0 Å². The number of hydrogen-bond acceptors (Lipinski definition) is 2. The van der Waals surface area contributed by atoms with Crippen molar-refractivity contribution in [2.75, 3.05) is 7.11 Å². The number of amides is 1. The molecule has 0 bridgehead atoms. The molecule has 60 valence electrons. The molecule has 1 amide bonds. The zero-order chi connectivity index (χ0) is 8.15. The van der Waals surface area contributed by atoms with Crippen LogP contribution in [0.2, 0.25) is 0 Å². The van der Waals surface area contributed by atoms with Crippen LogP contribution in [0.5, 0.6) is 0 Å². The zero-order valence-corrected chi connectivity index (χ0v) is 7.94. The van der Waals surface area contributed by atoms with Gasteiger partial charge in [0.05, 0.1) is 11.9 Å². The van der Waals surface area contributed by atoms with Crippen LogP contribution < -0.4 is 5.48 Å². The topological polar surface area (TPSA) is 38.3 Å². The highest BCUT2D eigenvalue weighted by Gasteiger charge is 2.17. The second-order valence-corrected chi connectivity index (χ2v) is 3.30. The molecule has 0 aromatic heterocycles. The van der Waals surface area contributed by atoms with E-state index in [9.17, 15) is 4.79 Å². The summed E-state index contributed by atoms with van der Waals surface area (Å²) in [4.78, 5) is 15.2. The maximum absolute atomic E-state index is 10.9. The minimum absolute atomic E-state index is 0.141. The molecule has 10 heavy (non-hydrogen) atoms. The van der Waals surface area contributed by atoms with E-state index in [0.717, 1.165) is 0 Å². The summed E-state index contributed by atoms with van der Waals surface area (Å²) in [6.45, 7) is 3.91. The van der Waals surface area contributed by atoms with E-state index in [1.807, 2.05) is 13.8 Å². The number of carbonyl (C=O) groups is 1. The van der Waals surface area contributed by atoms with Crippen LogP contribution in [0, 0.1) is 5.92 Å². The average Bonchev–Trinajstić information content (AvgIpc) is 1.87. The summed E-state index contributed by atoms with van der Waals surface area (Å²) in [5.74, 6) is 0.132. The number of carbonyl (C=O) groups excluding carboxylic acids is 1. The van der Waals surface area contributed by atoms with E-state index >= 15 is 0 Å². The van der Waals surface area contributed by atoms with E-state index in [1.54, 1.807) is 0 Å². The summed E-state index contributed by atoms with van der Waals surface area (Å²) < 4.78 is 0. The van der Waals surface area contributed by atoms with Crippen molar-refractivity contribution in [1.29, 1.82) is 0 Å². The summed E-state index contributed by atoms with van der Waals surface area (Å²) in [5.41, 5.74) is 2.24. The lowest BCUT2D eigenvalue weighted by atomic mass is 10.1. The van der Waals surface area contributed by atoms with E-state index < -0.39 is 0 Å². The van der Waals surface area contributed by atoms with Crippen molar-refractivity contribution in [3.05, 3.63) is 0 Å². The maximum Gasteiger partial charge on any atom is 0.257 e. The first-order chi connectivity index (χ1) is 4.59. The molecule has 0 radical (unpaired) electrons. The predicted molar refractivity (Wildman–Crippen MR) is 42.7 cm³/mol. The van der Waals surface area contributed by atoms with Crippen molar-refractivity contribution in [2.45, 2.75) is 18.7 Å². The monoisotopic (exact) mass is 209 g/mol. The fraction of sp³-hybridized carbons (Fsp3) is 0.833. The molecule has 0 fully saturated rings. The smallest absolute Gasteiger partial charge is 0.257 e. The Balaban J connectivity index is 3.71. The molecule has 0 rings (SSSR count). The largest absolute Gasteiger partial charge is 0.277 e. The van der Waals surface area contributed by atoms with Crippen LogP contribution >= 0.6 is 15.9 Å². The maximum atomic E-state index is 10.9. The molecule has 4 heteroatoms. The third kappa shape index (κ3) is 3.17. The molecule has 0 saturated heterocycles. The molecule has 0 heterocycles. The molecular formula is C6H12BrNO2. The van der Waals surface area contributed by atoms with Crippen molar-refractivity contribution >= 4 is 21.8 Å². The fourth-order valence-corrected chi connectivity index (χ4v) is 0.553. The van der Waals surface area contributed by atoms with Gasteiger partial charge in [0.25, 0.3) is 5.91 Å². The number of alkyl halides is 1. The molecule has 0 aliphatic heterocycles. The van der Waals surface area contributed by atoms with Gasteiger partial charge in [0.15, 0.2) is 0 Å². The van der Waals surface area contributed by atoms with Crippen LogP contribution in [0.1, 0.15) is 13.8 Å². The summed E-state index contributed by atoms with van der Waals surface area (Å²) in [6.07, 6.45) is 0. The standard InChI is InChI=1S/C6H12BrNO2/c1-4(2)5(7)6(9)8-10-3/h4-5H,1-3H3,(H,8,9). The lowest BCUT2D eigenvalue weighted by Crippen LogP contribution is -2.33. The minimum Gasteiger partial charge on any atom is -0.277 e.